The topological polar surface area (TPSA) is 92.7 Å². The lowest BCUT2D eigenvalue weighted by Crippen LogP contribution is -2.52. The summed E-state index contributed by atoms with van der Waals surface area (Å²) in [4.78, 5) is 11.2. The fourth-order valence-corrected chi connectivity index (χ4v) is 1.69. The van der Waals surface area contributed by atoms with Crippen molar-refractivity contribution in [3.63, 3.8) is 0 Å². The number of carbonyl (C=O) groups is 1. The molecule has 0 radical (unpaired) electrons. The lowest BCUT2D eigenvalue weighted by molar-refractivity contribution is -0.246. The summed E-state index contributed by atoms with van der Waals surface area (Å²) < 4.78 is 96.1. The molecule has 0 heterocycles. The summed E-state index contributed by atoms with van der Waals surface area (Å²) >= 11 is 0. The fraction of sp³-hybridized carbons (Fsp3) is 0.300. The van der Waals surface area contributed by atoms with Crippen LogP contribution in [0.1, 0.15) is 0 Å². The SMILES string of the molecule is O=C(Nc1ccccc1)OC(C(F)(F)F)C(F)(F)S(=O)(=O)O. The Labute approximate surface area is 120 Å². The normalized spacial score (nSPS) is 14.3. The van der Waals surface area contributed by atoms with Crippen molar-refractivity contribution in [2.75, 3.05) is 5.32 Å². The number of benzene rings is 1. The summed E-state index contributed by atoms with van der Waals surface area (Å²) in [7, 11) is -6.46. The van der Waals surface area contributed by atoms with E-state index < -0.39 is 33.7 Å². The zero-order valence-electron chi connectivity index (χ0n) is 10.3. The maximum absolute atomic E-state index is 13.1. The summed E-state index contributed by atoms with van der Waals surface area (Å²) in [6.07, 6.45) is -12.3. The molecule has 0 saturated heterocycles. The summed E-state index contributed by atoms with van der Waals surface area (Å²) in [6, 6.07) is 6.68. The van der Waals surface area contributed by atoms with Gasteiger partial charge in [0.15, 0.2) is 0 Å². The number of rotatable bonds is 4. The number of anilines is 1. The van der Waals surface area contributed by atoms with Crippen LogP contribution in [-0.2, 0) is 14.9 Å². The van der Waals surface area contributed by atoms with Crippen LogP contribution in [0.2, 0.25) is 0 Å². The first-order valence-corrected chi connectivity index (χ1v) is 6.74. The van der Waals surface area contributed by atoms with Gasteiger partial charge in [0.25, 0.3) is 6.10 Å². The zero-order chi connectivity index (χ0) is 17.2. The highest BCUT2D eigenvalue weighted by Crippen LogP contribution is 2.38. The zero-order valence-corrected chi connectivity index (χ0v) is 11.2. The van der Waals surface area contributed by atoms with Gasteiger partial charge in [0.05, 0.1) is 0 Å². The highest BCUT2D eigenvalue weighted by Gasteiger charge is 2.66. The second-order valence-electron chi connectivity index (χ2n) is 3.85. The van der Waals surface area contributed by atoms with E-state index in [1.165, 1.54) is 30.3 Å². The van der Waals surface area contributed by atoms with Gasteiger partial charge in [-0.1, -0.05) is 18.2 Å². The van der Waals surface area contributed by atoms with E-state index in [-0.39, 0.29) is 5.69 Å². The average Bonchev–Trinajstić information content (AvgIpc) is 2.34. The van der Waals surface area contributed by atoms with Crippen LogP contribution in [-0.4, -0.2) is 36.6 Å². The lowest BCUT2D eigenvalue weighted by Gasteiger charge is -2.26. The Morgan fingerprint density at radius 2 is 1.64 bits per heavy atom. The minimum absolute atomic E-state index is 0.0800. The maximum atomic E-state index is 13.1. The third-order valence-corrected chi connectivity index (χ3v) is 3.09. The molecule has 0 aliphatic rings. The van der Waals surface area contributed by atoms with Crippen molar-refractivity contribution in [3.05, 3.63) is 30.3 Å². The molecule has 12 heteroatoms. The Kier molecular flexibility index (Phi) is 4.97. The average molecular weight is 349 g/mol. The fourth-order valence-electron chi connectivity index (χ4n) is 1.24. The Balaban J connectivity index is 2.99. The van der Waals surface area contributed by atoms with Gasteiger partial charge in [-0.15, -0.1) is 0 Å². The molecule has 1 rings (SSSR count). The number of para-hydroxylation sites is 1. The molecule has 0 saturated carbocycles. The van der Waals surface area contributed by atoms with Crippen LogP contribution in [0.4, 0.5) is 32.4 Å². The first-order chi connectivity index (χ1) is 9.85. The van der Waals surface area contributed by atoms with Crippen molar-refractivity contribution in [1.82, 2.24) is 0 Å². The predicted molar refractivity (Wildman–Crippen MR) is 62.9 cm³/mol. The Morgan fingerprint density at radius 1 is 1.14 bits per heavy atom. The minimum atomic E-state index is -6.46. The quantitative estimate of drug-likeness (QED) is 0.644. The molecule has 1 atom stereocenters. The molecule has 0 spiro atoms. The van der Waals surface area contributed by atoms with Crippen molar-refractivity contribution in [2.45, 2.75) is 17.5 Å². The molecule has 0 bridgehead atoms. The second-order valence-corrected chi connectivity index (χ2v) is 5.35. The molecule has 1 aromatic rings. The van der Waals surface area contributed by atoms with Crippen molar-refractivity contribution < 1.29 is 44.5 Å². The molecular weight excluding hydrogens is 341 g/mol. The van der Waals surface area contributed by atoms with Crippen LogP contribution in [0.5, 0.6) is 0 Å². The van der Waals surface area contributed by atoms with Crippen LogP contribution >= 0.6 is 0 Å². The number of alkyl halides is 5. The molecule has 22 heavy (non-hydrogen) atoms. The number of halogens is 5. The number of amides is 1. The molecule has 0 aliphatic heterocycles. The predicted octanol–water partition coefficient (Wildman–Crippen LogP) is 2.65. The van der Waals surface area contributed by atoms with Gasteiger partial charge in [-0.25, -0.2) is 4.79 Å². The van der Waals surface area contributed by atoms with Crippen LogP contribution < -0.4 is 5.32 Å². The van der Waals surface area contributed by atoms with Crippen molar-refractivity contribution in [3.8, 4) is 0 Å². The third-order valence-electron chi connectivity index (χ3n) is 2.19. The van der Waals surface area contributed by atoms with E-state index in [2.05, 4.69) is 4.74 Å². The first kappa shape index (κ1) is 18.1. The summed E-state index contributed by atoms with van der Waals surface area (Å²) in [5.74, 6) is 0. The van der Waals surface area contributed by atoms with Crippen molar-refractivity contribution >= 4 is 21.9 Å². The Bertz CT molecular complexity index is 631. The monoisotopic (exact) mass is 349 g/mol. The van der Waals surface area contributed by atoms with Gasteiger partial charge in [0, 0.05) is 5.69 Å². The van der Waals surface area contributed by atoms with Crippen LogP contribution in [0, 0.1) is 0 Å². The maximum Gasteiger partial charge on any atom is 0.432 e. The van der Waals surface area contributed by atoms with Crippen LogP contribution in [0.15, 0.2) is 30.3 Å². The van der Waals surface area contributed by atoms with Gasteiger partial charge in [0.1, 0.15) is 0 Å². The summed E-state index contributed by atoms with van der Waals surface area (Å²) in [6.45, 7) is 0. The Hall–Kier alpha value is -1.95. The van der Waals surface area contributed by atoms with Gasteiger partial charge in [-0.3, -0.25) is 9.87 Å². The summed E-state index contributed by atoms with van der Waals surface area (Å²) in [5.41, 5.74) is -0.0800. The number of hydrogen-bond acceptors (Lipinski definition) is 4. The smallest absolute Gasteiger partial charge is 0.428 e. The third kappa shape index (κ3) is 4.27. The highest BCUT2D eigenvalue weighted by atomic mass is 32.2. The standard InChI is InChI=1S/C10H8F5NO5S/c11-9(12,13)7(10(14,15)22(18,19)20)21-8(17)16-6-4-2-1-3-5-6/h1-5,7H,(H,16,17)(H,18,19,20). The van der Waals surface area contributed by atoms with E-state index in [1.807, 2.05) is 0 Å². The number of nitrogens with one attached hydrogen (secondary N) is 1. The molecular formula is C10H8F5NO5S. The molecule has 0 aromatic heterocycles. The van der Waals surface area contributed by atoms with Gasteiger partial charge in [-0.05, 0) is 12.1 Å². The van der Waals surface area contributed by atoms with E-state index in [0.29, 0.717) is 0 Å². The summed E-state index contributed by atoms with van der Waals surface area (Å²) in [5, 5.41) is -4.07. The molecule has 1 unspecified atom stereocenters. The van der Waals surface area contributed by atoms with E-state index in [9.17, 15) is 35.2 Å². The van der Waals surface area contributed by atoms with Gasteiger partial charge in [-0.2, -0.15) is 30.4 Å². The van der Waals surface area contributed by atoms with Gasteiger partial charge in [0.2, 0.25) is 0 Å². The van der Waals surface area contributed by atoms with E-state index in [1.54, 1.807) is 5.32 Å². The largest absolute Gasteiger partial charge is 0.432 e. The van der Waals surface area contributed by atoms with E-state index in [0.717, 1.165) is 0 Å². The second kappa shape index (κ2) is 6.04. The first-order valence-electron chi connectivity index (χ1n) is 5.30. The molecule has 6 nitrogen and oxygen atoms in total. The van der Waals surface area contributed by atoms with Crippen molar-refractivity contribution in [2.24, 2.45) is 0 Å². The minimum Gasteiger partial charge on any atom is -0.428 e. The lowest BCUT2D eigenvalue weighted by atomic mass is 10.3. The molecule has 124 valence electrons. The van der Waals surface area contributed by atoms with Crippen LogP contribution in [0.3, 0.4) is 0 Å². The van der Waals surface area contributed by atoms with Gasteiger partial charge < -0.3 is 4.74 Å². The Morgan fingerprint density at radius 3 is 2.05 bits per heavy atom. The molecule has 0 fully saturated rings. The van der Waals surface area contributed by atoms with Crippen LogP contribution in [0.25, 0.3) is 0 Å². The highest BCUT2D eigenvalue weighted by molar-refractivity contribution is 7.86. The van der Waals surface area contributed by atoms with Gasteiger partial charge >= 0.3 is 27.6 Å². The molecule has 1 amide bonds. The molecule has 1 aromatic carbocycles. The number of hydrogen-bond donors (Lipinski definition) is 2. The van der Waals surface area contributed by atoms with E-state index >= 15 is 0 Å². The number of carbonyl (C=O) groups excluding carboxylic acids is 1. The van der Waals surface area contributed by atoms with E-state index in [4.69, 9.17) is 4.55 Å². The number of ether oxygens (including phenoxy) is 1. The van der Waals surface area contributed by atoms with Crippen molar-refractivity contribution in [1.29, 1.82) is 0 Å². The molecule has 0 aliphatic carbocycles. The molecule has 2 N–H and O–H groups in total.